The SMILES string of the molecule is CC(=O)OC[C@@H]1O[C@@H](CC(=O)O)[C@H](N=C=S)[C@H](CC(=O)O)[C@@H]1CC(=O)O. The van der Waals surface area contributed by atoms with E-state index in [4.69, 9.17) is 19.7 Å². The van der Waals surface area contributed by atoms with Crippen molar-refractivity contribution in [2.24, 2.45) is 16.8 Å². The number of carboxylic acid groups (broad SMARTS) is 3. The minimum Gasteiger partial charge on any atom is -0.481 e. The molecule has 5 atom stereocenters. The first-order valence-corrected chi connectivity index (χ1v) is 8.07. The number of hydrogen-bond acceptors (Lipinski definition) is 8. The Morgan fingerprint density at radius 3 is 2.00 bits per heavy atom. The molecule has 1 fully saturated rings. The number of rotatable bonds is 9. The third-order valence-corrected chi connectivity index (χ3v) is 4.15. The summed E-state index contributed by atoms with van der Waals surface area (Å²) in [5.74, 6) is -6.01. The van der Waals surface area contributed by atoms with E-state index < -0.39 is 73.2 Å². The van der Waals surface area contributed by atoms with Crippen molar-refractivity contribution in [1.82, 2.24) is 0 Å². The highest BCUT2D eigenvalue weighted by molar-refractivity contribution is 7.78. The molecule has 3 N–H and O–H groups in total. The molecule has 1 heterocycles. The molecule has 1 aliphatic heterocycles. The Bertz CT molecular complexity index is 616. The fraction of sp³-hybridized carbons (Fsp3) is 0.667. The smallest absolute Gasteiger partial charge is 0.306 e. The van der Waals surface area contributed by atoms with Crippen LogP contribution in [0.2, 0.25) is 0 Å². The van der Waals surface area contributed by atoms with Crippen molar-refractivity contribution in [3.63, 3.8) is 0 Å². The second-order valence-corrected chi connectivity index (χ2v) is 6.03. The van der Waals surface area contributed by atoms with Crippen molar-refractivity contribution >= 4 is 41.3 Å². The summed E-state index contributed by atoms with van der Waals surface area (Å²) in [6, 6.07) is -0.988. The summed E-state index contributed by atoms with van der Waals surface area (Å²) in [6.45, 7) is 0.825. The molecule has 0 aromatic carbocycles. The van der Waals surface area contributed by atoms with Crippen LogP contribution in [0.25, 0.3) is 0 Å². The molecule has 0 saturated carbocycles. The van der Waals surface area contributed by atoms with Crippen LogP contribution in [0.15, 0.2) is 4.99 Å². The van der Waals surface area contributed by atoms with E-state index in [-0.39, 0.29) is 6.61 Å². The maximum Gasteiger partial charge on any atom is 0.306 e. The molecule has 1 aliphatic rings. The Labute approximate surface area is 153 Å². The number of ether oxygens (including phenoxy) is 2. The Kier molecular flexibility index (Phi) is 8.30. The van der Waals surface area contributed by atoms with Gasteiger partial charge in [-0.15, -0.1) is 0 Å². The molecule has 0 aromatic heterocycles. The molecule has 0 amide bonds. The summed E-state index contributed by atoms with van der Waals surface area (Å²) in [7, 11) is 0. The van der Waals surface area contributed by atoms with Crippen molar-refractivity contribution in [2.45, 2.75) is 44.4 Å². The van der Waals surface area contributed by atoms with E-state index in [2.05, 4.69) is 22.4 Å². The molecule has 1 saturated heterocycles. The second-order valence-electron chi connectivity index (χ2n) is 5.85. The first kappa shape index (κ1) is 21.7. The molecule has 0 aromatic rings. The number of aliphatic carboxylic acids is 3. The molecule has 11 heteroatoms. The van der Waals surface area contributed by atoms with Gasteiger partial charge in [0.2, 0.25) is 0 Å². The largest absolute Gasteiger partial charge is 0.481 e. The molecule has 0 bridgehead atoms. The lowest BCUT2D eigenvalue weighted by molar-refractivity contribution is -0.177. The fourth-order valence-electron chi connectivity index (χ4n) is 3.11. The van der Waals surface area contributed by atoms with Gasteiger partial charge in [0.25, 0.3) is 0 Å². The summed E-state index contributed by atoms with van der Waals surface area (Å²) in [4.78, 5) is 48.5. The van der Waals surface area contributed by atoms with E-state index in [1.165, 1.54) is 0 Å². The molecule has 0 unspecified atom stereocenters. The lowest BCUT2D eigenvalue weighted by atomic mass is 9.73. The minimum atomic E-state index is -1.21. The van der Waals surface area contributed by atoms with Crippen LogP contribution >= 0.6 is 12.2 Å². The van der Waals surface area contributed by atoms with Gasteiger partial charge in [0.15, 0.2) is 0 Å². The van der Waals surface area contributed by atoms with Crippen LogP contribution in [0.1, 0.15) is 26.2 Å². The molecule has 144 valence electrons. The van der Waals surface area contributed by atoms with Crippen molar-refractivity contribution in [3.8, 4) is 0 Å². The number of nitrogens with zero attached hydrogens (tertiary/aromatic N) is 1. The average molecular weight is 389 g/mol. The Morgan fingerprint density at radius 2 is 1.54 bits per heavy atom. The molecular weight excluding hydrogens is 370 g/mol. The summed E-state index contributed by atoms with van der Waals surface area (Å²) < 4.78 is 10.5. The topological polar surface area (TPSA) is 160 Å². The Balaban J connectivity index is 3.28. The number of hydrogen-bond donors (Lipinski definition) is 3. The van der Waals surface area contributed by atoms with Crippen LogP contribution in [-0.2, 0) is 28.7 Å². The minimum absolute atomic E-state index is 0.326. The molecule has 0 spiro atoms. The second kappa shape index (κ2) is 9.95. The Morgan fingerprint density at radius 1 is 1.00 bits per heavy atom. The fourth-order valence-corrected chi connectivity index (χ4v) is 3.23. The van der Waals surface area contributed by atoms with Gasteiger partial charge in [-0.05, 0) is 12.2 Å². The number of carboxylic acids is 3. The third kappa shape index (κ3) is 6.51. The summed E-state index contributed by atoms with van der Waals surface area (Å²) in [6.07, 6.45) is -3.48. The van der Waals surface area contributed by atoms with Crippen LogP contribution in [0, 0.1) is 11.8 Å². The number of aliphatic imine (C=N–C) groups is 1. The lowest BCUT2D eigenvalue weighted by Gasteiger charge is -2.44. The summed E-state index contributed by atoms with van der Waals surface area (Å²) in [5, 5.41) is 29.5. The van der Waals surface area contributed by atoms with Gasteiger partial charge in [-0.1, -0.05) is 0 Å². The highest BCUT2D eigenvalue weighted by atomic mass is 32.1. The van der Waals surface area contributed by atoms with E-state index in [0.717, 1.165) is 6.92 Å². The van der Waals surface area contributed by atoms with Gasteiger partial charge in [-0.2, -0.15) is 0 Å². The molecule has 0 aliphatic carbocycles. The van der Waals surface area contributed by atoms with Crippen molar-refractivity contribution in [1.29, 1.82) is 0 Å². The highest BCUT2D eigenvalue weighted by Crippen LogP contribution is 2.38. The van der Waals surface area contributed by atoms with Gasteiger partial charge in [0.1, 0.15) is 6.61 Å². The first-order valence-electron chi connectivity index (χ1n) is 7.66. The molecular formula is C15H19NO9S. The number of carbonyl (C=O) groups is 4. The predicted molar refractivity (Wildman–Crippen MR) is 87.8 cm³/mol. The Hall–Kier alpha value is -2.36. The number of esters is 1. The monoisotopic (exact) mass is 389 g/mol. The van der Waals surface area contributed by atoms with E-state index in [1.807, 2.05) is 0 Å². The first-order chi connectivity index (χ1) is 12.1. The molecule has 0 radical (unpaired) electrons. The van der Waals surface area contributed by atoms with Gasteiger partial charge >= 0.3 is 23.9 Å². The maximum atomic E-state index is 11.3. The molecule has 10 nitrogen and oxygen atoms in total. The molecule has 1 rings (SSSR count). The van der Waals surface area contributed by atoms with Gasteiger partial charge in [-0.25, -0.2) is 4.99 Å². The predicted octanol–water partition coefficient (Wildman–Crippen LogP) is 0.445. The van der Waals surface area contributed by atoms with Gasteiger partial charge in [-0.3, -0.25) is 19.2 Å². The number of thiocarbonyl (C=S) groups is 1. The third-order valence-electron chi connectivity index (χ3n) is 4.05. The van der Waals surface area contributed by atoms with Crippen LogP contribution in [0.4, 0.5) is 0 Å². The standard InChI is InChI=1S/C15H19NO9S/c1-7(17)24-5-11-8(2-12(18)19)9(3-13(20)21)15(16-6-26)10(25-11)4-14(22)23/h8-11,15H,2-5H2,1H3,(H,18,19)(H,20,21)(H,22,23)/t8-,9+,10-,11-,15+/m0/s1. The van der Waals surface area contributed by atoms with Crippen molar-refractivity contribution in [3.05, 3.63) is 0 Å². The van der Waals surface area contributed by atoms with Crippen LogP contribution in [0.5, 0.6) is 0 Å². The highest BCUT2D eigenvalue weighted by Gasteiger charge is 2.48. The number of isothiocyanates is 1. The van der Waals surface area contributed by atoms with E-state index in [9.17, 15) is 24.3 Å². The van der Waals surface area contributed by atoms with Crippen LogP contribution in [-0.4, -0.2) is 69.2 Å². The zero-order valence-electron chi connectivity index (χ0n) is 13.9. The zero-order valence-corrected chi connectivity index (χ0v) is 14.7. The number of carbonyl (C=O) groups excluding carboxylic acids is 1. The summed E-state index contributed by atoms with van der Waals surface area (Å²) in [5.41, 5.74) is 0. The lowest BCUT2D eigenvalue weighted by Crippen LogP contribution is -2.53. The van der Waals surface area contributed by atoms with E-state index >= 15 is 0 Å². The van der Waals surface area contributed by atoms with Crippen molar-refractivity contribution in [2.75, 3.05) is 6.61 Å². The van der Waals surface area contributed by atoms with E-state index in [0.29, 0.717) is 0 Å². The normalized spacial score (nSPS) is 27.8. The van der Waals surface area contributed by atoms with Gasteiger partial charge in [0.05, 0.1) is 42.7 Å². The quantitative estimate of drug-likeness (QED) is 0.287. The van der Waals surface area contributed by atoms with Crippen LogP contribution < -0.4 is 0 Å². The van der Waals surface area contributed by atoms with Gasteiger partial charge < -0.3 is 24.8 Å². The molecule has 26 heavy (non-hydrogen) atoms. The maximum absolute atomic E-state index is 11.3. The van der Waals surface area contributed by atoms with Gasteiger partial charge in [0, 0.05) is 18.8 Å². The summed E-state index contributed by atoms with van der Waals surface area (Å²) >= 11 is 4.55. The van der Waals surface area contributed by atoms with E-state index in [1.54, 1.807) is 0 Å². The zero-order chi connectivity index (χ0) is 19.9. The average Bonchev–Trinajstić information content (AvgIpc) is 2.49. The van der Waals surface area contributed by atoms with Crippen molar-refractivity contribution < 1.29 is 44.0 Å². The van der Waals surface area contributed by atoms with Crippen LogP contribution in [0.3, 0.4) is 0 Å².